The highest BCUT2D eigenvalue weighted by Gasteiger charge is 2.09. The van der Waals surface area contributed by atoms with E-state index in [0.717, 1.165) is 17.5 Å². The Morgan fingerprint density at radius 1 is 1.28 bits per heavy atom. The Morgan fingerprint density at radius 3 is 2.94 bits per heavy atom. The van der Waals surface area contributed by atoms with Gasteiger partial charge in [-0.25, -0.2) is 0 Å². The van der Waals surface area contributed by atoms with Crippen molar-refractivity contribution in [3.63, 3.8) is 0 Å². The van der Waals surface area contributed by atoms with Crippen LogP contribution in [0.4, 0.5) is 6.01 Å². The van der Waals surface area contributed by atoms with Crippen LogP contribution < -0.4 is 5.32 Å². The summed E-state index contributed by atoms with van der Waals surface area (Å²) in [5.74, 6) is 0. The van der Waals surface area contributed by atoms with Crippen LogP contribution in [0.3, 0.4) is 0 Å². The molecule has 1 aromatic carbocycles. The van der Waals surface area contributed by atoms with Crippen LogP contribution in [-0.4, -0.2) is 11.0 Å². The van der Waals surface area contributed by atoms with Gasteiger partial charge in [0.1, 0.15) is 5.52 Å². The number of anilines is 1. The maximum Gasteiger partial charge on any atom is 0.295 e. The standard InChI is InChI=1S/C14H14N2OS/c1-10(9-11-5-4-8-18-11)15-14-16-12-6-2-3-7-13(12)17-14/h2-8,10H,9H2,1H3,(H,15,16). The number of hydrogen-bond donors (Lipinski definition) is 1. The molecule has 18 heavy (non-hydrogen) atoms. The number of aromatic nitrogens is 1. The van der Waals surface area contributed by atoms with Crippen molar-refractivity contribution in [1.29, 1.82) is 0 Å². The Labute approximate surface area is 109 Å². The molecule has 0 fully saturated rings. The van der Waals surface area contributed by atoms with Gasteiger partial charge in [0.05, 0.1) is 0 Å². The summed E-state index contributed by atoms with van der Waals surface area (Å²) in [5.41, 5.74) is 1.71. The van der Waals surface area contributed by atoms with E-state index in [9.17, 15) is 0 Å². The molecule has 0 bridgehead atoms. The van der Waals surface area contributed by atoms with Gasteiger partial charge in [-0.1, -0.05) is 18.2 Å². The molecule has 0 spiro atoms. The molecule has 1 N–H and O–H groups in total. The fourth-order valence-electron chi connectivity index (χ4n) is 1.93. The number of nitrogens with zero attached hydrogens (tertiary/aromatic N) is 1. The highest BCUT2D eigenvalue weighted by molar-refractivity contribution is 7.09. The first-order chi connectivity index (χ1) is 8.81. The van der Waals surface area contributed by atoms with Crippen molar-refractivity contribution in [3.05, 3.63) is 46.7 Å². The quantitative estimate of drug-likeness (QED) is 0.770. The summed E-state index contributed by atoms with van der Waals surface area (Å²) in [6, 6.07) is 12.9. The van der Waals surface area contributed by atoms with Gasteiger partial charge in [-0.2, -0.15) is 4.98 Å². The van der Waals surface area contributed by atoms with Crippen LogP contribution in [-0.2, 0) is 6.42 Å². The van der Waals surface area contributed by atoms with Crippen molar-refractivity contribution in [1.82, 2.24) is 4.98 Å². The predicted octanol–water partition coefficient (Wildman–Crippen LogP) is 3.93. The minimum Gasteiger partial charge on any atom is -0.424 e. The van der Waals surface area contributed by atoms with E-state index >= 15 is 0 Å². The van der Waals surface area contributed by atoms with Gasteiger partial charge in [-0.15, -0.1) is 11.3 Å². The third kappa shape index (κ3) is 2.38. The van der Waals surface area contributed by atoms with E-state index in [1.54, 1.807) is 11.3 Å². The van der Waals surface area contributed by atoms with E-state index in [-0.39, 0.29) is 0 Å². The van der Waals surface area contributed by atoms with Crippen LogP contribution in [0.15, 0.2) is 46.2 Å². The van der Waals surface area contributed by atoms with Crippen LogP contribution in [0, 0.1) is 0 Å². The number of nitrogens with one attached hydrogen (secondary N) is 1. The van der Waals surface area contributed by atoms with Crippen molar-refractivity contribution in [2.45, 2.75) is 19.4 Å². The van der Waals surface area contributed by atoms with Gasteiger partial charge in [0.25, 0.3) is 6.01 Å². The van der Waals surface area contributed by atoms with Crippen LogP contribution >= 0.6 is 11.3 Å². The summed E-state index contributed by atoms with van der Waals surface area (Å²) in [5, 5.41) is 5.40. The minimum atomic E-state index is 0.303. The third-order valence-corrected chi connectivity index (χ3v) is 3.65. The van der Waals surface area contributed by atoms with Crippen LogP contribution in [0.25, 0.3) is 11.1 Å². The minimum absolute atomic E-state index is 0.303. The van der Waals surface area contributed by atoms with Gasteiger partial charge in [0.2, 0.25) is 0 Å². The number of fused-ring (bicyclic) bond motifs is 1. The molecule has 1 atom stereocenters. The molecule has 0 saturated carbocycles. The van der Waals surface area contributed by atoms with Crippen molar-refractivity contribution in [3.8, 4) is 0 Å². The fourth-order valence-corrected chi connectivity index (χ4v) is 2.76. The average Bonchev–Trinajstić information content (AvgIpc) is 2.96. The Balaban J connectivity index is 1.71. The molecule has 1 unspecified atom stereocenters. The van der Waals surface area contributed by atoms with Crippen molar-refractivity contribution < 1.29 is 4.42 Å². The molecule has 3 nitrogen and oxygen atoms in total. The highest BCUT2D eigenvalue weighted by Crippen LogP contribution is 2.19. The van der Waals surface area contributed by atoms with E-state index in [1.165, 1.54) is 4.88 Å². The first-order valence-electron chi connectivity index (χ1n) is 5.96. The molecule has 0 amide bonds. The van der Waals surface area contributed by atoms with Gasteiger partial charge >= 0.3 is 0 Å². The second kappa shape index (κ2) is 4.82. The first-order valence-corrected chi connectivity index (χ1v) is 6.84. The average molecular weight is 258 g/mol. The van der Waals surface area contributed by atoms with E-state index in [0.29, 0.717) is 12.1 Å². The van der Waals surface area contributed by atoms with Gasteiger partial charge in [0, 0.05) is 17.3 Å². The number of thiophene rings is 1. The van der Waals surface area contributed by atoms with Crippen LogP contribution in [0.2, 0.25) is 0 Å². The van der Waals surface area contributed by atoms with Crippen molar-refractivity contribution in [2.24, 2.45) is 0 Å². The maximum atomic E-state index is 5.64. The second-order valence-electron chi connectivity index (χ2n) is 4.32. The summed E-state index contributed by atoms with van der Waals surface area (Å²) in [6.07, 6.45) is 0.983. The third-order valence-electron chi connectivity index (χ3n) is 2.75. The fraction of sp³-hybridized carbons (Fsp3) is 0.214. The van der Waals surface area contributed by atoms with Crippen LogP contribution in [0.5, 0.6) is 0 Å². The molecule has 92 valence electrons. The molecule has 0 saturated heterocycles. The molecule has 0 aliphatic rings. The van der Waals surface area contributed by atoms with Crippen molar-refractivity contribution in [2.75, 3.05) is 5.32 Å². The zero-order chi connectivity index (χ0) is 12.4. The maximum absolute atomic E-state index is 5.64. The smallest absolute Gasteiger partial charge is 0.295 e. The van der Waals surface area contributed by atoms with Crippen molar-refractivity contribution >= 4 is 28.5 Å². The monoisotopic (exact) mass is 258 g/mol. The lowest BCUT2D eigenvalue weighted by Gasteiger charge is -2.10. The van der Waals surface area contributed by atoms with Crippen LogP contribution in [0.1, 0.15) is 11.8 Å². The molecule has 4 heteroatoms. The molecular weight excluding hydrogens is 244 g/mol. The zero-order valence-corrected chi connectivity index (χ0v) is 10.9. The largest absolute Gasteiger partial charge is 0.424 e. The number of benzene rings is 1. The van der Waals surface area contributed by atoms with E-state index in [1.807, 2.05) is 24.3 Å². The second-order valence-corrected chi connectivity index (χ2v) is 5.35. The number of para-hydroxylation sites is 2. The molecule has 3 aromatic rings. The van der Waals surface area contributed by atoms with Gasteiger partial charge in [0.15, 0.2) is 5.58 Å². The lowest BCUT2D eigenvalue weighted by molar-refractivity contribution is 0.599. The summed E-state index contributed by atoms with van der Waals surface area (Å²) in [7, 11) is 0. The Bertz CT molecular complexity index is 597. The van der Waals surface area contributed by atoms with Gasteiger partial charge in [-0.3, -0.25) is 0 Å². The number of rotatable bonds is 4. The summed E-state index contributed by atoms with van der Waals surface area (Å²) < 4.78 is 5.64. The normalized spacial score (nSPS) is 12.7. The number of oxazole rings is 1. The number of hydrogen-bond acceptors (Lipinski definition) is 4. The SMILES string of the molecule is CC(Cc1cccs1)Nc1nc2ccccc2o1. The molecule has 0 aliphatic heterocycles. The summed E-state index contributed by atoms with van der Waals surface area (Å²) in [4.78, 5) is 5.77. The molecule has 2 heterocycles. The van der Waals surface area contributed by atoms with E-state index < -0.39 is 0 Å². The lowest BCUT2D eigenvalue weighted by atomic mass is 10.2. The zero-order valence-electron chi connectivity index (χ0n) is 10.1. The summed E-state index contributed by atoms with van der Waals surface area (Å²) in [6.45, 7) is 2.13. The Morgan fingerprint density at radius 2 is 2.17 bits per heavy atom. The Kier molecular flexibility index (Phi) is 3.02. The molecule has 0 aliphatic carbocycles. The van der Waals surface area contributed by atoms with E-state index in [2.05, 4.69) is 34.7 Å². The van der Waals surface area contributed by atoms with Gasteiger partial charge < -0.3 is 9.73 Å². The lowest BCUT2D eigenvalue weighted by Crippen LogP contribution is -2.17. The Hall–Kier alpha value is -1.81. The topological polar surface area (TPSA) is 38.1 Å². The summed E-state index contributed by atoms with van der Waals surface area (Å²) >= 11 is 1.78. The predicted molar refractivity (Wildman–Crippen MR) is 75.1 cm³/mol. The van der Waals surface area contributed by atoms with Gasteiger partial charge in [-0.05, 0) is 30.5 Å². The highest BCUT2D eigenvalue weighted by atomic mass is 32.1. The first kappa shape index (κ1) is 11.3. The molecular formula is C14H14N2OS. The molecule has 2 aromatic heterocycles. The molecule has 3 rings (SSSR count). The molecule has 0 radical (unpaired) electrons. The van der Waals surface area contributed by atoms with E-state index in [4.69, 9.17) is 4.42 Å².